The number of nitrogens with zero attached hydrogens (tertiary/aromatic N) is 1. The molecule has 1 aromatic rings. The number of nitriles is 1. The molecule has 14 heavy (non-hydrogen) atoms. The van der Waals surface area contributed by atoms with Crippen molar-refractivity contribution in [2.24, 2.45) is 0 Å². The van der Waals surface area contributed by atoms with Crippen LogP contribution in [0.5, 0.6) is 0 Å². The van der Waals surface area contributed by atoms with Crippen molar-refractivity contribution >= 4 is 27.5 Å². The third-order valence-corrected chi connectivity index (χ3v) is 3.37. The van der Waals surface area contributed by atoms with Crippen LogP contribution in [0.3, 0.4) is 0 Å². The Labute approximate surface area is 94.6 Å². The van der Waals surface area contributed by atoms with Crippen LogP contribution >= 0.6 is 27.5 Å². The van der Waals surface area contributed by atoms with Crippen molar-refractivity contribution in [1.82, 2.24) is 0 Å². The van der Waals surface area contributed by atoms with Crippen LogP contribution in [0.4, 0.5) is 4.39 Å². The molecule has 0 amide bonds. The summed E-state index contributed by atoms with van der Waals surface area (Å²) in [4.78, 5) is 0. The molecular weight excluding hydrogens is 268 g/mol. The predicted molar refractivity (Wildman–Crippen MR) is 55.6 cm³/mol. The molecule has 0 atom stereocenters. The van der Waals surface area contributed by atoms with Crippen LogP contribution < -0.4 is 0 Å². The Bertz CT molecular complexity index is 411. The number of rotatable bonds is 1. The summed E-state index contributed by atoms with van der Waals surface area (Å²) in [6.45, 7) is 0. The van der Waals surface area contributed by atoms with Crippen molar-refractivity contribution in [3.05, 3.63) is 33.0 Å². The quantitative estimate of drug-likeness (QED) is 0.764. The van der Waals surface area contributed by atoms with Gasteiger partial charge in [-0.15, -0.1) is 0 Å². The fraction of sp³-hybridized carbons (Fsp3) is 0.300. The van der Waals surface area contributed by atoms with Gasteiger partial charge in [-0.1, -0.05) is 27.5 Å². The average Bonchev–Trinajstić information content (AvgIpc) is 2.83. The highest BCUT2D eigenvalue weighted by atomic mass is 79.9. The predicted octanol–water partition coefficient (Wildman–Crippen LogP) is 3.80. The molecule has 0 N–H and O–H groups in total. The van der Waals surface area contributed by atoms with Gasteiger partial charge < -0.3 is 0 Å². The first kappa shape index (κ1) is 9.95. The zero-order chi connectivity index (χ0) is 10.3. The summed E-state index contributed by atoms with van der Waals surface area (Å²) < 4.78 is 13.5. The maximum Gasteiger partial charge on any atom is 0.125 e. The second kappa shape index (κ2) is 3.22. The summed E-state index contributed by atoms with van der Waals surface area (Å²) in [5, 5.41) is 9.33. The normalized spacial score (nSPS) is 17.6. The smallest absolute Gasteiger partial charge is 0.125 e. The van der Waals surface area contributed by atoms with Crippen LogP contribution in [-0.4, -0.2) is 0 Å². The van der Waals surface area contributed by atoms with Gasteiger partial charge in [-0.25, -0.2) is 4.39 Å². The molecule has 1 nitrogen and oxygen atoms in total. The van der Waals surface area contributed by atoms with Crippen LogP contribution in [0.15, 0.2) is 16.6 Å². The van der Waals surface area contributed by atoms with Gasteiger partial charge in [0.1, 0.15) is 5.82 Å². The molecular formula is C10H6BrClFN. The molecule has 0 radical (unpaired) electrons. The largest absolute Gasteiger partial charge is 0.207 e. The monoisotopic (exact) mass is 273 g/mol. The highest BCUT2D eigenvalue weighted by Crippen LogP contribution is 2.52. The zero-order valence-electron chi connectivity index (χ0n) is 7.15. The number of hydrogen-bond donors (Lipinski definition) is 0. The van der Waals surface area contributed by atoms with Crippen LogP contribution in [0.1, 0.15) is 18.4 Å². The lowest BCUT2D eigenvalue weighted by Gasteiger charge is -2.11. The Balaban J connectivity index is 2.60. The minimum atomic E-state index is -0.483. The van der Waals surface area contributed by atoms with E-state index in [0.717, 1.165) is 18.4 Å². The first-order chi connectivity index (χ1) is 6.59. The molecule has 0 unspecified atom stereocenters. The summed E-state index contributed by atoms with van der Waals surface area (Å²) in [6, 6.07) is 4.83. The standard InChI is InChI=1S/C10H6BrClFN/c11-7-3-6(13)4-8(12)9(7)10(5-14)1-2-10/h3-4H,1-2H2. The van der Waals surface area contributed by atoms with E-state index in [9.17, 15) is 4.39 Å². The molecule has 0 aromatic heterocycles. The number of benzene rings is 1. The van der Waals surface area contributed by atoms with Crippen molar-refractivity contribution < 1.29 is 4.39 Å². The Morgan fingerprint density at radius 3 is 2.57 bits per heavy atom. The topological polar surface area (TPSA) is 23.8 Å². The van der Waals surface area contributed by atoms with E-state index in [1.807, 2.05) is 0 Å². The van der Waals surface area contributed by atoms with Gasteiger partial charge in [-0.05, 0) is 25.0 Å². The summed E-state index contributed by atoms with van der Waals surface area (Å²) in [5.74, 6) is -0.389. The fourth-order valence-corrected chi connectivity index (χ4v) is 2.85. The van der Waals surface area contributed by atoms with E-state index in [0.29, 0.717) is 9.50 Å². The molecule has 1 fully saturated rings. The van der Waals surface area contributed by atoms with Crippen molar-refractivity contribution in [3.8, 4) is 6.07 Å². The molecule has 0 heterocycles. The third-order valence-electron chi connectivity index (χ3n) is 2.45. The van der Waals surface area contributed by atoms with E-state index in [1.54, 1.807) is 0 Å². The molecule has 1 saturated carbocycles. The first-order valence-corrected chi connectivity index (χ1v) is 5.32. The summed E-state index contributed by atoms with van der Waals surface area (Å²) >= 11 is 9.16. The van der Waals surface area contributed by atoms with E-state index in [4.69, 9.17) is 16.9 Å². The van der Waals surface area contributed by atoms with Gasteiger partial charge in [0.2, 0.25) is 0 Å². The molecule has 1 aliphatic carbocycles. The van der Waals surface area contributed by atoms with Crippen LogP contribution in [-0.2, 0) is 5.41 Å². The van der Waals surface area contributed by atoms with Crippen LogP contribution in [0.25, 0.3) is 0 Å². The lowest BCUT2D eigenvalue weighted by Crippen LogP contribution is -2.05. The lowest BCUT2D eigenvalue weighted by molar-refractivity contribution is 0.625. The van der Waals surface area contributed by atoms with E-state index < -0.39 is 5.41 Å². The molecule has 0 bridgehead atoms. The fourth-order valence-electron chi connectivity index (χ4n) is 1.54. The second-order valence-corrected chi connectivity index (χ2v) is 4.70. The molecule has 1 aliphatic rings. The minimum absolute atomic E-state index is 0.330. The molecule has 1 aromatic carbocycles. The van der Waals surface area contributed by atoms with Gasteiger partial charge in [0.05, 0.1) is 11.5 Å². The van der Waals surface area contributed by atoms with Gasteiger partial charge in [-0.2, -0.15) is 5.26 Å². The summed E-state index contributed by atoms with van der Waals surface area (Å²) in [6.07, 6.45) is 1.60. The van der Waals surface area contributed by atoms with Gasteiger partial charge in [0, 0.05) is 15.1 Å². The molecule has 2 rings (SSSR count). The SMILES string of the molecule is N#CC1(c2c(Cl)cc(F)cc2Br)CC1. The first-order valence-electron chi connectivity index (χ1n) is 4.15. The highest BCUT2D eigenvalue weighted by molar-refractivity contribution is 9.10. The molecule has 0 saturated heterocycles. The Hall–Kier alpha value is -0.590. The van der Waals surface area contributed by atoms with Crippen molar-refractivity contribution in [2.75, 3.05) is 0 Å². The van der Waals surface area contributed by atoms with E-state index in [2.05, 4.69) is 22.0 Å². The highest BCUT2D eigenvalue weighted by Gasteiger charge is 2.47. The summed E-state index contributed by atoms with van der Waals surface area (Å²) in [7, 11) is 0. The average molecular weight is 275 g/mol. The van der Waals surface area contributed by atoms with Crippen molar-refractivity contribution in [3.63, 3.8) is 0 Å². The zero-order valence-corrected chi connectivity index (χ0v) is 9.49. The molecule has 72 valence electrons. The summed E-state index contributed by atoms with van der Waals surface area (Å²) in [5.41, 5.74) is 0.243. The second-order valence-electron chi connectivity index (χ2n) is 3.44. The van der Waals surface area contributed by atoms with Crippen LogP contribution in [0, 0.1) is 17.1 Å². The van der Waals surface area contributed by atoms with E-state index in [1.165, 1.54) is 12.1 Å². The van der Waals surface area contributed by atoms with Gasteiger partial charge in [0.25, 0.3) is 0 Å². The lowest BCUT2D eigenvalue weighted by atomic mass is 9.98. The molecule has 4 heteroatoms. The number of halogens is 3. The van der Waals surface area contributed by atoms with E-state index >= 15 is 0 Å². The van der Waals surface area contributed by atoms with Crippen LogP contribution in [0.2, 0.25) is 5.02 Å². The Morgan fingerprint density at radius 1 is 1.50 bits per heavy atom. The Kier molecular flexibility index (Phi) is 2.29. The van der Waals surface area contributed by atoms with E-state index in [-0.39, 0.29) is 5.82 Å². The van der Waals surface area contributed by atoms with Crippen molar-refractivity contribution in [1.29, 1.82) is 5.26 Å². The number of hydrogen-bond acceptors (Lipinski definition) is 1. The molecule has 0 aliphatic heterocycles. The van der Waals surface area contributed by atoms with Gasteiger partial charge in [-0.3, -0.25) is 0 Å². The van der Waals surface area contributed by atoms with Crippen molar-refractivity contribution in [2.45, 2.75) is 18.3 Å². The third kappa shape index (κ3) is 1.43. The maximum absolute atomic E-state index is 12.9. The van der Waals surface area contributed by atoms with Gasteiger partial charge in [0.15, 0.2) is 0 Å². The van der Waals surface area contributed by atoms with Gasteiger partial charge >= 0.3 is 0 Å². The molecule has 0 spiro atoms. The minimum Gasteiger partial charge on any atom is -0.207 e. The Morgan fingerprint density at radius 2 is 2.14 bits per heavy atom. The maximum atomic E-state index is 12.9.